The van der Waals surface area contributed by atoms with Gasteiger partial charge in [0.15, 0.2) is 5.82 Å². The second-order valence-electron chi connectivity index (χ2n) is 3.97. The SMILES string of the molecule is CCCn1ccnc(NCC(COC)OC)c1=O. The number of aromatic nitrogens is 2. The third-order valence-electron chi connectivity index (χ3n) is 2.56. The van der Waals surface area contributed by atoms with Crippen molar-refractivity contribution in [3.05, 3.63) is 22.7 Å². The molecule has 102 valence electrons. The Morgan fingerprint density at radius 1 is 1.50 bits per heavy atom. The monoisotopic (exact) mass is 255 g/mol. The molecule has 1 N–H and O–H groups in total. The summed E-state index contributed by atoms with van der Waals surface area (Å²) in [7, 11) is 3.22. The van der Waals surface area contributed by atoms with Gasteiger partial charge in [0.05, 0.1) is 12.7 Å². The minimum atomic E-state index is -0.105. The van der Waals surface area contributed by atoms with Crippen molar-refractivity contribution in [1.29, 1.82) is 0 Å². The minimum absolute atomic E-state index is 0.101. The summed E-state index contributed by atoms with van der Waals surface area (Å²) in [5.74, 6) is 0.351. The lowest BCUT2D eigenvalue weighted by Crippen LogP contribution is -2.31. The van der Waals surface area contributed by atoms with E-state index >= 15 is 0 Å². The predicted octanol–water partition coefficient (Wildman–Crippen LogP) is 0.727. The number of rotatable bonds is 8. The van der Waals surface area contributed by atoms with E-state index in [4.69, 9.17) is 9.47 Å². The summed E-state index contributed by atoms with van der Waals surface area (Å²) in [5.41, 5.74) is -0.105. The van der Waals surface area contributed by atoms with Crippen molar-refractivity contribution in [1.82, 2.24) is 9.55 Å². The summed E-state index contributed by atoms with van der Waals surface area (Å²) in [6, 6.07) is 0. The van der Waals surface area contributed by atoms with Crippen LogP contribution in [0, 0.1) is 0 Å². The molecule has 1 aromatic rings. The Morgan fingerprint density at radius 2 is 2.28 bits per heavy atom. The van der Waals surface area contributed by atoms with Crippen LogP contribution in [0.2, 0.25) is 0 Å². The van der Waals surface area contributed by atoms with Gasteiger partial charge in [0.25, 0.3) is 5.56 Å². The molecule has 1 rings (SSSR count). The van der Waals surface area contributed by atoms with Gasteiger partial charge in [-0.2, -0.15) is 0 Å². The Bertz CT molecular complexity index is 406. The fourth-order valence-corrected chi connectivity index (χ4v) is 1.59. The van der Waals surface area contributed by atoms with Crippen LogP contribution in [-0.4, -0.2) is 43.0 Å². The maximum atomic E-state index is 12.0. The lowest BCUT2D eigenvalue weighted by atomic mass is 10.3. The smallest absolute Gasteiger partial charge is 0.293 e. The second kappa shape index (κ2) is 7.84. The largest absolute Gasteiger partial charge is 0.382 e. The van der Waals surface area contributed by atoms with Gasteiger partial charge in [0.2, 0.25) is 0 Å². The van der Waals surface area contributed by atoms with Crippen LogP contribution in [0.5, 0.6) is 0 Å². The van der Waals surface area contributed by atoms with Crippen LogP contribution in [0.15, 0.2) is 17.2 Å². The fourth-order valence-electron chi connectivity index (χ4n) is 1.59. The van der Waals surface area contributed by atoms with Crippen molar-refractivity contribution < 1.29 is 9.47 Å². The van der Waals surface area contributed by atoms with Crippen LogP contribution in [0.1, 0.15) is 13.3 Å². The molecule has 0 bridgehead atoms. The lowest BCUT2D eigenvalue weighted by molar-refractivity contribution is 0.0365. The molecule has 0 aliphatic rings. The van der Waals surface area contributed by atoms with Crippen molar-refractivity contribution in [2.45, 2.75) is 26.0 Å². The minimum Gasteiger partial charge on any atom is -0.382 e. The molecule has 6 heteroatoms. The predicted molar refractivity (Wildman–Crippen MR) is 70.0 cm³/mol. The topological polar surface area (TPSA) is 65.4 Å². The van der Waals surface area contributed by atoms with E-state index in [1.807, 2.05) is 6.92 Å². The van der Waals surface area contributed by atoms with Gasteiger partial charge in [-0.1, -0.05) is 6.92 Å². The van der Waals surface area contributed by atoms with Gasteiger partial charge >= 0.3 is 0 Å². The number of aryl methyl sites for hydroxylation is 1. The summed E-state index contributed by atoms with van der Waals surface area (Å²) in [5, 5.41) is 3.00. The van der Waals surface area contributed by atoms with Gasteiger partial charge in [-0.15, -0.1) is 0 Å². The molecule has 0 amide bonds. The van der Waals surface area contributed by atoms with Gasteiger partial charge in [-0.25, -0.2) is 4.98 Å². The first-order valence-electron chi connectivity index (χ1n) is 6.04. The zero-order valence-corrected chi connectivity index (χ0v) is 11.2. The Balaban J connectivity index is 2.67. The molecule has 1 heterocycles. The number of methoxy groups -OCH3 is 2. The molecule has 18 heavy (non-hydrogen) atoms. The van der Waals surface area contributed by atoms with Crippen LogP contribution in [-0.2, 0) is 16.0 Å². The zero-order valence-electron chi connectivity index (χ0n) is 11.2. The van der Waals surface area contributed by atoms with Gasteiger partial charge in [0.1, 0.15) is 0 Å². The number of nitrogens with one attached hydrogen (secondary N) is 1. The summed E-state index contributed by atoms with van der Waals surface area (Å²) in [6.45, 7) is 3.68. The van der Waals surface area contributed by atoms with Crippen LogP contribution in [0.4, 0.5) is 5.82 Å². The maximum absolute atomic E-state index is 12.0. The number of hydrogen-bond donors (Lipinski definition) is 1. The molecule has 0 aliphatic heterocycles. The summed E-state index contributed by atoms with van der Waals surface area (Å²) in [6.07, 6.45) is 4.13. The molecule has 0 saturated heterocycles. The molecule has 0 fully saturated rings. The van der Waals surface area contributed by atoms with Crippen LogP contribution >= 0.6 is 0 Å². The molecular formula is C12H21N3O3. The molecule has 1 unspecified atom stereocenters. The van der Waals surface area contributed by atoms with Crippen LogP contribution in [0.25, 0.3) is 0 Å². The molecule has 0 spiro atoms. The first-order valence-corrected chi connectivity index (χ1v) is 6.04. The first-order chi connectivity index (χ1) is 8.72. The Labute approximate surface area is 107 Å². The van der Waals surface area contributed by atoms with E-state index in [2.05, 4.69) is 10.3 Å². The average molecular weight is 255 g/mol. The van der Waals surface area contributed by atoms with Gasteiger partial charge in [-0.05, 0) is 6.42 Å². The van der Waals surface area contributed by atoms with Crippen molar-refractivity contribution >= 4 is 5.82 Å². The quantitative estimate of drug-likeness (QED) is 0.741. The summed E-state index contributed by atoms with van der Waals surface area (Å²) < 4.78 is 11.9. The molecule has 0 radical (unpaired) electrons. The molecular weight excluding hydrogens is 234 g/mol. The number of anilines is 1. The zero-order chi connectivity index (χ0) is 13.4. The molecule has 1 aromatic heterocycles. The molecule has 0 saturated carbocycles. The standard InChI is InChI=1S/C12H21N3O3/c1-4-6-15-7-5-13-11(12(15)16)14-8-10(18-3)9-17-2/h5,7,10H,4,6,8-9H2,1-3H3,(H,13,14). The Hall–Kier alpha value is -1.40. The Kier molecular flexibility index (Phi) is 6.38. The molecule has 6 nitrogen and oxygen atoms in total. The van der Waals surface area contributed by atoms with E-state index < -0.39 is 0 Å². The van der Waals surface area contributed by atoms with E-state index in [1.165, 1.54) is 0 Å². The van der Waals surface area contributed by atoms with E-state index in [0.717, 1.165) is 6.42 Å². The van der Waals surface area contributed by atoms with E-state index in [-0.39, 0.29) is 11.7 Å². The van der Waals surface area contributed by atoms with E-state index in [0.29, 0.717) is 25.5 Å². The van der Waals surface area contributed by atoms with Crippen molar-refractivity contribution in [3.8, 4) is 0 Å². The van der Waals surface area contributed by atoms with E-state index in [1.54, 1.807) is 31.2 Å². The summed E-state index contributed by atoms with van der Waals surface area (Å²) >= 11 is 0. The van der Waals surface area contributed by atoms with Crippen molar-refractivity contribution in [2.75, 3.05) is 32.7 Å². The number of nitrogens with zero attached hydrogens (tertiary/aromatic N) is 2. The van der Waals surface area contributed by atoms with Crippen LogP contribution < -0.4 is 10.9 Å². The number of hydrogen-bond acceptors (Lipinski definition) is 5. The molecule has 0 aliphatic carbocycles. The molecule has 1 atom stereocenters. The Morgan fingerprint density at radius 3 is 2.89 bits per heavy atom. The average Bonchev–Trinajstić information content (AvgIpc) is 2.38. The van der Waals surface area contributed by atoms with E-state index in [9.17, 15) is 4.79 Å². The highest BCUT2D eigenvalue weighted by Crippen LogP contribution is 1.97. The van der Waals surface area contributed by atoms with Crippen LogP contribution in [0.3, 0.4) is 0 Å². The third-order valence-corrected chi connectivity index (χ3v) is 2.56. The maximum Gasteiger partial charge on any atom is 0.293 e. The second-order valence-corrected chi connectivity index (χ2v) is 3.97. The van der Waals surface area contributed by atoms with Gasteiger partial charge < -0.3 is 19.4 Å². The summed E-state index contributed by atoms with van der Waals surface area (Å²) in [4.78, 5) is 16.0. The third kappa shape index (κ3) is 4.12. The lowest BCUT2D eigenvalue weighted by Gasteiger charge is -2.15. The van der Waals surface area contributed by atoms with Crippen molar-refractivity contribution in [2.24, 2.45) is 0 Å². The fraction of sp³-hybridized carbons (Fsp3) is 0.667. The van der Waals surface area contributed by atoms with Crippen molar-refractivity contribution in [3.63, 3.8) is 0 Å². The highest BCUT2D eigenvalue weighted by Gasteiger charge is 2.09. The highest BCUT2D eigenvalue weighted by molar-refractivity contribution is 5.30. The van der Waals surface area contributed by atoms with Gasteiger partial charge in [-0.3, -0.25) is 4.79 Å². The molecule has 0 aromatic carbocycles. The van der Waals surface area contributed by atoms with Gasteiger partial charge in [0, 0.05) is 39.7 Å². The first kappa shape index (κ1) is 14.7. The number of ether oxygens (including phenoxy) is 2. The highest BCUT2D eigenvalue weighted by atomic mass is 16.5. The normalized spacial score (nSPS) is 12.4.